The van der Waals surface area contributed by atoms with Gasteiger partial charge >= 0.3 is 5.97 Å². The number of nitrogens with zero attached hydrogens (tertiary/aromatic N) is 1. The summed E-state index contributed by atoms with van der Waals surface area (Å²) in [4.78, 5) is 38.4. The number of anilines is 1. The first-order valence-corrected chi connectivity index (χ1v) is 10.1. The van der Waals surface area contributed by atoms with E-state index in [4.69, 9.17) is 9.52 Å². The zero-order valence-corrected chi connectivity index (χ0v) is 17.1. The Kier molecular flexibility index (Phi) is 5.89. The Balaban J connectivity index is 1.65. The predicted octanol–water partition coefficient (Wildman–Crippen LogP) is 4.01. The Hall–Kier alpha value is -4.13. The van der Waals surface area contributed by atoms with Gasteiger partial charge in [0.2, 0.25) is 0 Å². The lowest BCUT2D eigenvalue weighted by Gasteiger charge is -2.25. The Morgan fingerprint density at radius 1 is 0.938 bits per heavy atom. The smallest absolute Gasteiger partial charge is 0.307 e. The van der Waals surface area contributed by atoms with Crippen LogP contribution >= 0.6 is 0 Å². The van der Waals surface area contributed by atoms with Crippen molar-refractivity contribution >= 4 is 23.3 Å². The second kappa shape index (κ2) is 8.93. The van der Waals surface area contributed by atoms with Crippen molar-refractivity contribution in [1.82, 2.24) is 0 Å². The lowest BCUT2D eigenvalue weighted by atomic mass is 9.96. The number of carboxylic acid groups (broad SMARTS) is 1. The topological polar surface area (TPSA) is 108 Å². The van der Waals surface area contributed by atoms with Crippen LogP contribution in [0.15, 0.2) is 88.7 Å². The first-order valence-electron chi connectivity index (χ1n) is 10.1. The van der Waals surface area contributed by atoms with Crippen molar-refractivity contribution in [3.05, 3.63) is 101 Å². The molecule has 0 aliphatic carbocycles. The van der Waals surface area contributed by atoms with Crippen LogP contribution in [0.1, 0.15) is 29.3 Å². The standard InChI is InChI=1S/C25H21NO6/c27-19(13-10-16-5-2-1-3-6-16)22-23(20-7-4-14-32-20)26(25(31)24(22)30)18-11-8-17(9-12-18)15-21(28)29/h1-9,11-12,14,23,30H,10,13,15H2,(H,28,29). The highest BCUT2D eigenvalue weighted by molar-refractivity contribution is 6.16. The molecule has 0 fully saturated rings. The van der Waals surface area contributed by atoms with Gasteiger partial charge in [-0.1, -0.05) is 42.5 Å². The molecule has 1 aliphatic heterocycles. The molecule has 32 heavy (non-hydrogen) atoms. The van der Waals surface area contributed by atoms with Crippen molar-refractivity contribution in [2.45, 2.75) is 25.3 Å². The highest BCUT2D eigenvalue weighted by atomic mass is 16.4. The van der Waals surface area contributed by atoms with Gasteiger partial charge in [0.25, 0.3) is 5.91 Å². The summed E-state index contributed by atoms with van der Waals surface area (Å²) in [5.41, 5.74) is 1.96. The van der Waals surface area contributed by atoms with Crippen LogP contribution in [-0.2, 0) is 27.2 Å². The van der Waals surface area contributed by atoms with E-state index in [1.54, 1.807) is 36.4 Å². The number of amides is 1. The van der Waals surface area contributed by atoms with E-state index in [1.807, 2.05) is 30.3 Å². The molecule has 3 aromatic rings. The number of furan rings is 1. The summed E-state index contributed by atoms with van der Waals surface area (Å²) in [6, 6.07) is 18.3. The Morgan fingerprint density at radius 3 is 2.28 bits per heavy atom. The Bertz CT molecular complexity index is 1160. The van der Waals surface area contributed by atoms with Crippen LogP contribution in [0.5, 0.6) is 0 Å². The van der Waals surface area contributed by atoms with Gasteiger partial charge in [-0.15, -0.1) is 0 Å². The van der Waals surface area contributed by atoms with E-state index >= 15 is 0 Å². The molecule has 0 saturated carbocycles. The van der Waals surface area contributed by atoms with Crippen LogP contribution < -0.4 is 4.90 Å². The van der Waals surface area contributed by atoms with E-state index in [-0.39, 0.29) is 24.2 Å². The number of aliphatic carboxylic acids is 1. The maximum absolute atomic E-state index is 13.1. The number of carbonyl (C=O) groups excluding carboxylic acids is 2. The average Bonchev–Trinajstić information content (AvgIpc) is 3.40. The fraction of sp³-hybridized carbons (Fsp3) is 0.160. The molecule has 1 atom stereocenters. The van der Waals surface area contributed by atoms with Crippen LogP contribution in [0.4, 0.5) is 5.69 Å². The van der Waals surface area contributed by atoms with E-state index in [0.29, 0.717) is 23.4 Å². The van der Waals surface area contributed by atoms with Gasteiger partial charge in [-0.05, 0) is 41.8 Å². The first kappa shape index (κ1) is 21.1. The quantitative estimate of drug-likeness (QED) is 0.558. The van der Waals surface area contributed by atoms with Gasteiger partial charge in [0.1, 0.15) is 11.8 Å². The number of benzene rings is 2. The van der Waals surface area contributed by atoms with Gasteiger partial charge in [0.05, 0.1) is 18.3 Å². The summed E-state index contributed by atoms with van der Waals surface area (Å²) >= 11 is 0. The molecular formula is C25H21NO6. The first-order chi connectivity index (χ1) is 15.5. The summed E-state index contributed by atoms with van der Waals surface area (Å²) in [5.74, 6) is -2.26. The number of rotatable bonds is 8. The number of ketones is 1. The number of carbonyl (C=O) groups is 3. The average molecular weight is 431 g/mol. The van der Waals surface area contributed by atoms with E-state index in [1.165, 1.54) is 11.2 Å². The van der Waals surface area contributed by atoms with Gasteiger partial charge in [0.15, 0.2) is 11.5 Å². The van der Waals surface area contributed by atoms with Crippen molar-refractivity contribution in [2.24, 2.45) is 0 Å². The highest BCUT2D eigenvalue weighted by Crippen LogP contribution is 2.41. The Morgan fingerprint density at radius 2 is 1.66 bits per heavy atom. The molecular weight excluding hydrogens is 410 g/mol. The number of carboxylic acids is 1. The third-order valence-electron chi connectivity index (χ3n) is 5.37. The van der Waals surface area contributed by atoms with Crippen molar-refractivity contribution < 1.29 is 29.0 Å². The van der Waals surface area contributed by atoms with Gasteiger partial charge < -0.3 is 14.6 Å². The van der Waals surface area contributed by atoms with E-state index in [2.05, 4.69) is 0 Å². The number of hydrogen-bond donors (Lipinski definition) is 2. The zero-order valence-electron chi connectivity index (χ0n) is 17.1. The minimum atomic E-state index is -0.964. The second-order valence-corrected chi connectivity index (χ2v) is 7.50. The highest BCUT2D eigenvalue weighted by Gasteiger charge is 2.45. The summed E-state index contributed by atoms with van der Waals surface area (Å²) in [6.45, 7) is 0. The van der Waals surface area contributed by atoms with Crippen molar-refractivity contribution in [3.63, 3.8) is 0 Å². The normalized spacial score (nSPS) is 15.9. The molecule has 1 aliphatic rings. The van der Waals surface area contributed by atoms with Gasteiger partial charge in [-0.25, -0.2) is 0 Å². The molecule has 7 nitrogen and oxygen atoms in total. The SMILES string of the molecule is O=C(O)Cc1ccc(N2C(=O)C(O)=C(C(=O)CCc3ccccc3)C2c2ccco2)cc1. The lowest BCUT2D eigenvalue weighted by molar-refractivity contribution is -0.136. The van der Waals surface area contributed by atoms with E-state index in [0.717, 1.165) is 5.56 Å². The molecule has 1 unspecified atom stereocenters. The second-order valence-electron chi connectivity index (χ2n) is 7.50. The maximum Gasteiger partial charge on any atom is 0.307 e. The third-order valence-corrected chi connectivity index (χ3v) is 5.37. The van der Waals surface area contributed by atoms with Crippen molar-refractivity contribution in [2.75, 3.05) is 4.90 Å². The predicted molar refractivity (Wildman–Crippen MR) is 116 cm³/mol. The molecule has 162 valence electrons. The monoisotopic (exact) mass is 431 g/mol. The van der Waals surface area contributed by atoms with E-state index < -0.39 is 23.7 Å². The molecule has 2 heterocycles. The summed E-state index contributed by atoms with van der Waals surface area (Å²) in [6.07, 6.45) is 1.89. The van der Waals surface area contributed by atoms with Crippen molar-refractivity contribution in [3.8, 4) is 0 Å². The number of aliphatic hydroxyl groups is 1. The minimum Gasteiger partial charge on any atom is -0.503 e. The minimum absolute atomic E-state index is 0.00417. The zero-order chi connectivity index (χ0) is 22.7. The van der Waals surface area contributed by atoms with Gasteiger partial charge in [0, 0.05) is 12.1 Å². The molecule has 0 bridgehead atoms. The van der Waals surface area contributed by atoms with Crippen LogP contribution in [0.3, 0.4) is 0 Å². The van der Waals surface area contributed by atoms with Crippen LogP contribution in [-0.4, -0.2) is 27.9 Å². The number of aryl methyl sites for hydroxylation is 1. The number of aliphatic hydroxyl groups excluding tert-OH is 1. The largest absolute Gasteiger partial charge is 0.503 e. The molecule has 0 spiro atoms. The molecule has 2 aromatic carbocycles. The molecule has 7 heteroatoms. The Labute approximate surface area is 184 Å². The molecule has 1 aromatic heterocycles. The van der Waals surface area contributed by atoms with E-state index in [9.17, 15) is 19.5 Å². The molecule has 0 saturated heterocycles. The lowest BCUT2D eigenvalue weighted by Crippen LogP contribution is -2.30. The fourth-order valence-corrected chi connectivity index (χ4v) is 3.86. The van der Waals surface area contributed by atoms with Gasteiger partial charge in [-0.2, -0.15) is 0 Å². The summed E-state index contributed by atoms with van der Waals surface area (Å²) in [7, 11) is 0. The third kappa shape index (κ3) is 4.18. The van der Waals surface area contributed by atoms with Crippen LogP contribution in [0.25, 0.3) is 0 Å². The van der Waals surface area contributed by atoms with Crippen molar-refractivity contribution in [1.29, 1.82) is 0 Å². The molecule has 0 radical (unpaired) electrons. The number of hydrogen-bond acceptors (Lipinski definition) is 5. The summed E-state index contributed by atoms with van der Waals surface area (Å²) in [5, 5.41) is 19.6. The van der Waals surface area contributed by atoms with Gasteiger partial charge in [-0.3, -0.25) is 19.3 Å². The molecule has 2 N–H and O–H groups in total. The molecule has 4 rings (SSSR count). The maximum atomic E-state index is 13.1. The van der Waals surface area contributed by atoms with Crippen LogP contribution in [0, 0.1) is 0 Å². The number of Topliss-reactive ketones (excluding diaryl/α,β-unsaturated/α-hetero) is 1. The summed E-state index contributed by atoms with van der Waals surface area (Å²) < 4.78 is 5.52. The molecule has 1 amide bonds. The fourth-order valence-electron chi connectivity index (χ4n) is 3.86. The van der Waals surface area contributed by atoms with Crippen LogP contribution in [0.2, 0.25) is 0 Å².